The average Bonchev–Trinajstić information content (AvgIpc) is 2.69. The van der Waals surface area contributed by atoms with Crippen molar-refractivity contribution < 1.29 is 14.7 Å². The third-order valence-electron chi connectivity index (χ3n) is 5.34. The molecule has 1 aliphatic carbocycles. The third-order valence-corrected chi connectivity index (χ3v) is 5.34. The summed E-state index contributed by atoms with van der Waals surface area (Å²) in [6, 6.07) is 15.1. The molecule has 1 unspecified atom stereocenters. The van der Waals surface area contributed by atoms with Crippen molar-refractivity contribution in [2.45, 2.75) is 43.9 Å². The second-order valence-corrected chi connectivity index (χ2v) is 7.13. The number of aliphatic hydroxyl groups is 1. The Labute approximate surface area is 158 Å². The van der Waals surface area contributed by atoms with Crippen molar-refractivity contribution in [1.29, 1.82) is 0 Å². The average molecular weight is 365 g/mol. The molecule has 0 spiro atoms. The number of carbonyl (C=O) groups excluding carboxylic acids is 2. The van der Waals surface area contributed by atoms with Gasteiger partial charge < -0.3 is 15.7 Å². The van der Waals surface area contributed by atoms with Gasteiger partial charge in [-0.25, -0.2) is 4.79 Å². The van der Waals surface area contributed by atoms with Crippen LogP contribution in [0.15, 0.2) is 54.6 Å². The van der Waals surface area contributed by atoms with Crippen LogP contribution >= 0.6 is 0 Å². The Morgan fingerprint density at radius 2 is 1.70 bits per heavy atom. The minimum Gasteiger partial charge on any atom is -0.359 e. The molecule has 2 aliphatic rings. The van der Waals surface area contributed by atoms with Crippen LogP contribution in [0.4, 0.5) is 16.2 Å². The maximum Gasteiger partial charge on any atom is 0.329 e. The van der Waals surface area contributed by atoms with Crippen LogP contribution in [0.2, 0.25) is 0 Å². The molecule has 1 saturated carbocycles. The first-order valence-corrected chi connectivity index (χ1v) is 9.40. The number of nitrogens with zero attached hydrogens (tertiary/aromatic N) is 1. The third kappa shape index (κ3) is 3.06. The largest absolute Gasteiger partial charge is 0.359 e. The second-order valence-electron chi connectivity index (χ2n) is 7.13. The predicted octanol–water partition coefficient (Wildman–Crippen LogP) is 3.33. The molecule has 0 bridgehead atoms. The molecule has 1 aliphatic heterocycles. The summed E-state index contributed by atoms with van der Waals surface area (Å²) in [6.07, 6.45) is 5.06. The number of fused-ring (bicyclic) bond motifs is 1. The van der Waals surface area contributed by atoms with Crippen LogP contribution in [0.1, 0.15) is 37.7 Å². The molecule has 6 nitrogen and oxygen atoms in total. The maximum absolute atomic E-state index is 13.3. The summed E-state index contributed by atoms with van der Waals surface area (Å²) in [7, 11) is 0. The molecular formula is C21H23N3O3. The Morgan fingerprint density at radius 1 is 1.04 bits per heavy atom. The highest BCUT2D eigenvalue weighted by Gasteiger charge is 2.52. The van der Waals surface area contributed by atoms with Gasteiger partial charge in [0.05, 0.1) is 5.69 Å². The van der Waals surface area contributed by atoms with Crippen LogP contribution < -0.4 is 15.5 Å². The van der Waals surface area contributed by atoms with E-state index in [0.29, 0.717) is 16.9 Å². The lowest BCUT2D eigenvalue weighted by Crippen LogP contribution is -2.63. The molecule has 3 amide bonds. The van der Waals surface area contributed by atoms with Crippen molar-refractivity contribution in [3.63, 3.8) is 0 Å². The number of hydrogen-bond donors (Lipinski definition) is 3. The van der Waals surface area contributed by atoms with Crippen LogP contribution in [-0.2, 0) is 10.5 Å². The number of hydrogen-bond acceptors (Lipinski definition) is 3. The lowest BCUT2D eigenvalue weighted by atomic mass is 9.92. The topological polar surface area (TPSA) is 81.7 Å². The van der Waals surface area contributed by atoms with Gasteiger partial charge in [-0.15, -0.1) is 0 Å². The Bertz CT molecular complexity index is 849. The number of amides is 3. The molecule has 140 valence electrons. The Balaban J connectivity index is 1.78. The molecule has 1 heterocycles. The predicted molar refractivity (Wildman–Crippen MR) is 103 cm³/mol. The van der Waals surface area contributed by atoms with Crippen LogP contribution in [0.25, 0.3) is 0 Å². The van der Waals surface area contributed by atoms with E-state index in [1.807, 2.05) is 6.07 Å². The summed E-state index contributed by atoms with van der Waals surface area (Å²) in [6.45, 7) is 0. The van der Waals surface area contributed by atoms with E-state index in [0.717, 1.165) is 37.0 Å². The Kier molecular flexibility index (Phi) is 4.58. The van der Waals surface area contributed by atoms with E-state index in [9.17, 15) is 14.7 Å². The first-order chi connectivity index (χ1) is 13.1. The SMILES string of the molecule is O=C1Nc2ccccc2C(O)(C(=O)NC2CCCCC2)N1c1ccccc1. The molecule has 0 radical (unpaired) electrons. The first kappa shape index (κ1) is 17.5. The smallest absolute Gasteiger partial charge is 0.329 e. The van der Waals surface area contributed by atoms with Gasteiger partial charge in [0.1, 0.15) is 0 Å². The standard InChI is InChI=1S/C21H23N3O3/c25-19(22-15-9-3-1-4-10-15)21(27)17-13-7-8-14-18(17)23-20(26)24(21)16-11-5-2-6-12-16/h2,5-8,11-15,27H,1,3-4,9-10H2,(H,22,25)(H,23,26). The fourth-order valence-corrected chi connectivity index (χ4v) is 3.97. The zero-order valence-electron chi connectivity index (χ0n) is 15.0. The van der Waals surface area contributed by atoms with Gasteiger partial charge in [0, 0.05) is 17.3 Å². The van der Waals surface area contributed by atoms with Crippen LogP contribution in [0, 0.1) is 0 Å². The highest BCUT2D eigenvalue weighted by molar-refractivity contribution is 6.11. The number of para-hydroxylation sites is 2. The molecule has 1 atom stereocenters. The summed E-state index contributed by atoms with van der Waals surface area (Å²) in [5.74, 6) is -0.569. The van der Waals surface area contributed by atoms with Gasteiger partial charge in [0.15, 0.2) is 0 Å². The van der Waals surface area contributed by atoms with Crippen LogP contribution in [0.5, 0.6) is 0 Å². The van der Waals surface area contributed by atoms with Gasteiger partial charge in [-0.2, -0.15) is 0 Å². The van der Waals surface area contributed by atoms with E-state index >= 15 is 0 Å². The number of carbonyl (C=O) groups is 2. The molecule has 1 fully saturated rings. The van der Waals surface area contributed by atoms with E-state index in [1.54, 1.807) is 48.5 Å². The Hall–Kier alpha value is -2.86. The van der Waals surface area contributed by atoms with Crippen molar-refractivity contribution in [3.05, 3.63) is 60.2 Å². The summed E-state index contributed by atoms with van der Waals surface area (Å²) in [4.78, 5) is 27.3. The molecular weight excluding hydrogens is 342 g/mol. The van der Waals surface area contributed by atoms with Crippen molar-refractivity contribution in [2.24, 2.45) is 0 Å². The van der Waals surface area contributed by atoms with Crippen molar-refractivity contribution >= 4 is 23.3 Å². The summed E-state index contributed by atoms with van der Waals surface area (Å²) in [5.41, 5.74) is -0.860. The highest BCUT2D eigenvalue weighted by Crippen LogP contribution is 2.39. The lowest BCUT2D eigenvalue weighted by Gasteiger charge is -2.43. The van der Waals surface area contributed by atoms with Gasteiger partial charge in [-0.1, -0.05) is 55.7 Å². The lowest BCUT2D eigenvalue weighted by molar-refractivity contribution is -0.141. The van der Waals surface area contributed by atoms with E-state index in [-0.39, 0.29) is 6.04 Å². The van der Waals surface area contributed by atoms with Gasteiger partial charge in [-0.05, 0) is 31.0 Å². The van der Waals surface area contributed by atoms with E-state index < -0.39 is 17.7 Å². The van der Waals surface area contributed by atoms with E-state index in [2.05, 4.69) is 10.6 Å². The van der Waals surface area contributed by atoms with Gasteiger partial charge in [0.2, 0.25) is 0 Å². The monoisotopic (exact) mass is 365 g/mol. The zero-order chi connectivity index (χ0) is 18.9. The van der Waals surface area contributed by atoms with E-state index in [4.69, 9.17) is 0 Å². The minimum absolute atomic E-state index is 0.0186. The fraction of sp³-hybridized carbons (Fsp3) is 0.333. The van der Waals surface area contributed by atoms with Gasteiger partial charge >= 0.3 is 6.03 Å². The highest BCUT2D eigenvalue weighted by atomic mass is 16.3. The molecule has 2 aromatic rings. The number of anilines is 2. The summed E-state index contributed by atoms with van der Waals surface area (Å²) in [5, 5.41) is 17.4. The molecule has 27 heavy (non-hydrogen) atoms. The molecule has 0 saturated heterocycles. The second kappa shape index (κ2) is 7.04. The van der Waals surface area contributed by atoms with Crippen molar-refractivity contribution in [2.75, 3.05) is 10.2 Å². The number of benzene rings is 2. The summed E-state index contributed by atoms with van der Waals surface area (Å²) < 4.78 is 0. The molecule has 3 N–H and O–H groups in total. The number of nitrogens with one attached hydrogen (secondary N) is 2. The first-order valence-electron chi connectivity index (χ1n) is 9.40. The normalized spacial score (nSPS) is 22.7. The van der Waals surface area contributed by atoms with Crippen molar-refractivity contribution in [3.8, 4) is 0 Å². The number of urea groups is 1. The number of rotatable bonds is 3. The molecule has 0 aromatic heterocycles. The van der Waals surface area contributed by atoms with Crippen LogP contribution in [-0.4, -0.2) is 23.1 Å². The minimum atomic E-state index is -2.11. The zero-order valence-corrected chi connectivity index (χ0v) is 15.0. The van der Waals surface area contributed by atoms with Gasteiger partial charge in [-0.3, -0.25) is 9.69 Å². The molecule has 6 heteroatoms. The van der Waals surface area contributed by atoms with E-state index in [1.165, 1.54) is 0 Å². The summed E-state index contributed by atoms with van der Waals surface area (Å²) >= 11 is 0. The Morgan fingerprint density at radius 3 is 2.44 bits per heavy atom. The fourth-order valence-electron chi connectivity index (χ4n) is 3.97. The van der Waals surface area contributed by atoms with Crippen molar-refractivity contribution in [1.82, 2.24) is 5.32 Å². The maximum atomic E-state index is 13.3. The van der Waals surface area contributed by atoms with Gasteiger partial charge in [0.25, 0.3) is 11.6 Å². The van der Waals surface area contributed by atoms with Crippen LogP contribution in [0.3, 0.4) is 0 Å². The molecule has 4 rings (SSSR count). The quantitative estimate of drug-likeness (QED) is 0.780. The molecule has 2 aromatic carbocycles.